The second kappa shape index (κ2) is 5.64. The third-order valence-electron chi connectivity index (χ3n) is 5.30. The van der Waals surface area contributed by atoms with Gasteiger partial charge in [0.05, 0.1) is 5.92 Å². The monoisotopic (exact) mass is 297 g/mol. The summed E-state index contributed by atoms with van der Waals surface area (Å²) in [6, 6.07) is 9.72. The lowest BCUT2D eigenvalue weighted by atomic mass is 9.73. The molecule has 3 rings (SSSR count). The first-order chi connectivity index (χ1) is 9.98. The Morgan fingerprint density at radius 2 is 1.67 bits per heavy atom. The van der Waals surface area contributed by atoms with Gasteiger partial charge in [-0.25, -0.2) is 0 Å². The Kier molecular flexibility index (Phi) is 4.00. The summed E-state index contributed by atoms with van der Waals surface area (Å²) in [7, 11) is 0. The fourth-order valence-electron chi connectivity index (χ4n) is 4.07. The molecule has 0 spiro atoms. The number of alkyl halides is 3. The van der Waals surface area contributed by atoms with Gasteiger partial charge < -0.3 is 5.73 Å². The Morgan fingerprint density at radius 3 is 2.33 bits per heavy atom. The molecule has 0 heterocycles. The second-order valence-corrected chi connectivity index (χ2v) is 6.59. The van der Waals surface area contributed by atoms with Crippen LogP contribution in [-0.2, 0) is 0 Å². The van der Waals surface area contributed by atoms with Gasteiger partial charge in [0.2, 0.25) is 0 Å². The van der Waals surface area contributed by atoms with Gasteiger partial charge in [-0.1, -0.05) is 43.2 Å². The van der Waals surface area contributed by atoms with Crippen LogP contribution < -0.4 is 5.73 Å². The molecule has 116 valence electrons. The van der Waals surface area contributed by atoms with Crippen molar-refractivity contribution in [3.05, 3.63) is 35.9 Å². The van der Waals surface area contributed by atoms with E-state index in [9.17, 15) is 13.2 Å². The van der Waals surface area contributed by atoms with Crippen LogP contribution in [0.15, 0.2) is 30.3 Å². The highest BCUT2D eigenvalue weighted by Gasteiger charge is 2.52. The highest BCUT2D eigenvalue weighted by atomic mass is 19.4. The van der Waals surface area contributed by atoms with Gasteiger partial charge in [-0.05, 0) is 42.6 Å². The zero-order chi connectivity index (χ0) is 15.0. The standard InChI is InChI=1S/C17H22F3N/c18-17(19,20)15-9-5-4-8-12(15)16(21)14-10-13(14)11-6-2-1-3-7-11/h1-3,6-7,12-16H,4-5,8-10,21H2. The Labute approximate surface area is 123 Å². The van der Waals surface area contributed by atoms with Gasteiger partial charge in [0.25, 0.3) is 0 Å². The maximum absolute atomic E-state index is 13.2. The van der Waals surface area contributed by atoms with E-state index in [1.54, 1.807) is 0 Å². The van der Waals surface area contributed by atoms with Gasteiger partial charge in [0.15, 0.2) is 0 Å². The normalized spacial score (nSPS) is 34.5. The zero-order valence-electron chi connectivity index (χ0n) is 12.0. The third-order valence-corrected chi connectivity index (χ3v) is 5.30. The van der Waals surface area contributed by atoms with Crippen molar-refractivity contribution >= 4 is 0 Å². The van der Waals surface area contributed by atoms with Gasteiger partial charge in [-0.15, -0.1) is 0 Å². The van der Waals surface area contributed by atoms with Crippen LogP contribution in [0.2, 0.25) is 0 Å². The number of nitrogens with two attached hydrogens (primary N) is 1. The Hall–Kier alpha value is -1.03. The van der Waals surface area contributed by atoms with Crippen molar-refractivity contribution in [2.75, 3.05) is 0 Å². The van der Waals surface area contributed by atoms with E-state index < -0.39 is 18.0 Å². The van der Waals surface area contributed by atoms with Crippen LogP contribution in [-0.4, -0.2) is 12.2 Å². The number of benzene rings is 1. The molecular formula is C17H22F3N. The van der Waals surface area contributed by atoms with Crippen LogP contribution in [0.25, 0.3) is 0 Å². The molecule has 2 aliphatic rings. The van der Waals surface area contributed by atoms with Crippen molar-refractivity contribution in [3.8, 4) is 0 Å². The van der Waals surface area contributed by atoms with Gasteiger partial charge in [0, 0.05) is 6.04 Å². The topological polar surface area (TPSA) is 26.0 Å². The third kappa shape index (κ3) is 3.10. The van der Waals surface area contributed by atoms with Crippen LogP contribution in [0.3, 0.4) is 0 Å². The van der Waals surface area contributed by atoms with E-state index in [0.29, 0.717) is 18.8 Å². The highest BCUT2D eigenvalue weighted by Crippen LogP contribution is 2.54. The molecule has 1 nitrogen and oxygen atoms in total. The second-order valence-electron chi connectivity index (χ2n) is 6.59. The minimum Gasteiger partial charge on any atom is -0.327 e. The molecule has 0 amide bonds. The Morgan fingerprint density at radius 1 is 1.00 bits per heavy atom. The van der Waals surface area contributed by atoms with Crippen molar-refractivity contribution in [1.82, 2.24) is 0 Å². The first kappa shape index (κ1) is 14.9. The molecule has 1 aromatic carbocycles. The van der Waals surface area contributed by atoms with Crippen LogP contribution >= 0.6 is 0 Å². The molecule has 0 saturated heterocycles. The summed E-state index contributed by atoms with van der Waals surface area (Å²) >= 11 is 0. The lowest BCUT2D eigenvalue weighted by molar-refractivity contribution is -0.199. The van der Waals surface area contributed by atoms with Crippen LogP contribution in [0.4, 0.5) is 13.2 Å². The molecule has 5 atom stereocenters. The fourth-order valence-corrected chi connectivity index (χ4v) is 4.07. The zero-order valence-corrected chi connectivity index (χ0v) is 12.0. The lowest BCUT2D eigenvalue weighted by Crippen LogP contribution is -2.44. The van der Waals surface area contributed by atoms with Crippen molar-refractivity contribution in [2.45, 2.75) is 50.2 Å². The van der Waals surface area contributed by atoms with Crippen LogP contribution in [0, 0.1) is 17.8 Å². The van der Waals surface area contributed by atoms with Crippen LogP contribution in [0.1, 0.15) is 43.6 Å². The molecule has 5 unspecified atom stereocenters. The molecule has 2 aliphatic carbocycles. The highest BCUT2D eigenvalue weighted by molar-refractivity contribution is 5.26. The molecule has 2 saturated carbocycles. The Bertz CT molecular complexity index is 471. The first-order valence-electron chi connectivity index (χ1n) is 7.85. The molecule has 2 fully saturated rings. The van der Waals surface area contributed by atoms with E-state index in [-0.39, 0.29) is 18.4 Å². The van der Waals surface area contributed by atoms with E-state index in [1.807, 2.05) is 18.2 Å². The van der Waals surface area contributed by atoms with Crippen molar-refractivity contribution < 1.29 is 13.2 Å². The maximum atomic E-state index is 13.2. The summed E-state index contributed by atoms with van der Waals surface area (Å²) in [5, 5.41) is 0. The minimum atomic E-state index is -4.10. The van der Waals surface area contributed by atoms with E-state index >= 15 is 0 Å². The first-order valence-corrected chi connectivity index (χ1v) is 7.85. The number of rotatable bonds is 3. The summed E-state index contributed by atoms with van der Waals surface area (Å²) in [6.45, 7) is 0. The summed E-state index contributed by atoms with van der Waals surface area (Å²) in [4.78, 5) is 0. The predicted molar refractivity (Wildman–Crippen MR) is 76.8 cm³/mol. The van der Waals surface area contributed by atoms with Gasteiger partial charge in [0.1, 0.15) is 0 Å². The summed E-state index contributed by atoms with van der Waals surface area (Å²) < 4.78 is 39.6. The quantitative estimate of drug-likeness (QED) is 0.874. The fraction of sp³-hybridized carbons (Fsp3) is 0.647. The largest absolute Gasteiger partial charge is 0.392 e. The van der Waals surface area contributed by atoms with E-state index in [0.717, 1.165) is 12.8 Å². The minimum absolute atomic E-state index is 0.223. The van der Waals surface area contributed by atoms with Crippen molar-refractivity contribution in [2.24, 2.45) is 23.5 Å². The van der Waals surface area contributed by atoms with Crippen LogP contribution in [0.5, 0.6) is 0 Å². The van der Waals surface area contributed by atoms with Gasteiger partial charge in [-0.2, -0.15) is 13.2 Å². The average Bonchev–Trinajstić information content (AvgIpc) is 3.27. The summed E-state index contributed by atoms with van der Waals surface area (Å²) in [6.07, 6.45) is -0.714. The predicted octanol–water partition coefficient (Wildman–Crippen LogP) is 4.49. The van der Waals surface area contributed by atoms with Gasteiger partial charge >= 0.3 is 6.18 Å². The average molecular weight is 297 g/mol. The van der Waals surface area contributed by atoms with E-state index in [2.05, 4.69) is 12.1 Å². The molecule has 0 aromatic heterocycles. The number of halogens is 3. The van der Waals surface area contributed by atoms with Crippen molar-refractivity contribution in [1.29, 1.82) is 0 Å². The summed E-state index contributed by atoms with van der Waals surface area (Å²) in [5.41, 5.74) is 7.49. The molecule has 0 aliphatic heterocycles. The van der Waals surface area contributed by atoms with E-state index in [1.165, 1.54) is 5.56 Å². The molecule has 0 radical (unpaired) electrons. The molecule has 4 heteroatoms. The van der Waals surface area contributed by atoms with E-state index in [4.69, 9.17) is 5.73 Å². The van der Waals surface area contributed by atoms with Crippen molar-refractivity contribution in [3.63, 3.8) is 0 Å². The Balaban J connectivity index is 1.69. The van der Waals surface area contributed by atoms with Gasteiger partial charge in [-0.3, -0.25) is 0 Å². The summed E-state index contributed by atoms with van der Waals surface area (Å²) in [5.74, 6) is -1.01. The SMILES string of the molecule is NC(C1CC1c1ccccc1)C1CCCCC1C(F)(F)F. The number of hydrogen-bond donors (Lipinski definition) is 1. The maximum Gasteiger partial charge on any atom is 0.392 e. The molecule has 2 N–H and O–H groups in total. The molecule has 21 heavy (non-hydrogen) atoms. The molecule has 1 aromatic rings. The molecular weight excluding hydrogens is 275 g/mol. The lowest BCUT2D eigenvalue weighted by Gasteiger charge is -2.37. The number of hydrogen-bond acceptors (Lipinski definition) is 1. The smallest absolute Gasteiger partial charge is 0.327 e. The molecule has 0 bridgehead atoms.